The van der Waals surface area contributed by atoms with Crippen molar-refractivity contribution in [3.63, 3.8) is 0 Å². The highest BCUT2D eigenvalue weighted by Crippen LogP contribution is 2.38. The fourth-order valence-corrected chi connectivity index (χ4v) is 4.93. The van der Waals surface area contributed by atoms with Gasteiger partial charge in [0.25, 0.3) is 0 Å². The van der Waals surface area contributed by atoms with E-state index in [1.807, 2.05) is 24.3 Å². The van der Waals surface area contributed by atoms with Gasteiger partial charge < -0.3 is 14.2 Å². The molecule has 2 aromatic rings. The summed E-state index contributed by atoms with van der Waals surface area (Å²) in [5, 5.41) is 0. The van der Waals surface area contributed by atoms with E-state index in [2.05, 4.69) is 9.80 Å². The number of hydrogen-bond acceptors (Lipinski definition) is 5. The van der Waals surface area contributed by atoms with E-state index in [0.29, 0.717) is 26.3 Å². The standard InChI is InChI=1S/C25H31F3N2O3/c1-31-22-10-18(11-23(13-22)32-2)14-30-16-20(15-29-6-8-33-9-7-29)24(17-30)19-4-3-5-21(12-19)25(26,27)28/h3-5,10-13,20,24H,6-9,14-17H2,1-2H3. The lowest BCUT2D eigenvalue weighted by molar-refractivity contribution is -0.137. The molecule has 2 fully saturated rings. The molecule has 8 heteroatoms. The Hall–Kier alpha value is -2.29. The van der Waals surface area contributed by atoms with Gasteiger partial charge in [0.05, 0.1) is 33.0 Å². The molecule has 0 saturated carbocycles. The molecular weight excluding hydrogens is 433 g/mol. The molecule has 180 valence electrons. The number of rotatable bonds is 7. The summed E-state index contributed by atoms with van der Waals surface area (Å²) in [7, 11) is 3.24. The monoisotopic (exact) mass is 464 g/mol. The second-order valence-electron chi connectivity index (χ2n) is 8.82. The summed E-state index contributed by atoms with van der Waals surface area (Å²) in [6.07, 6.45) is -4.34. The van der Waals surface area contributed by atoms with Crippen molar-refractivity contribution in [3.05, 3.63) is 59.2 Å². The molecular formula is C25H31F3N2O3. The van der Waals surface area contributed by atoms with Gasteiger partial charge in [-0.1, -0.05) is 18.2 Å². The molecule has 0 bridgehead atoms. The Morgan fingerprint density at radius 1 is 0.939 bits per heavy atom. The summed E-state index contributed by atoms with van der Waals surface area (Å²) in [4.78, 5) is 4.69. The quantitative estimate of drug-likeness (QED) is 0.612. The average molecular weight is 465 g/mol. The minimum atomic E-state index is -4.34. The third kappa shape index (κ3) is 5.99. The van der Waals surface area contributed by atoms with Crippen LogP contribution in [0, 0.1) is 5.92 Å². The van der Waals surface area contributed by atoms with Crippen molar-refractivity contribution >= 4 is 0 Å². The largest absolute Gasteiger partial charge is 0.497 e. The van der Waals surface area contributed by atoms with Gasteiger partial charge in [-0.05, 0) is 35.2 Å². The third-order valence-corrected chi connectivity index (χ3v) is 6.57. The van der Waals surface area contributed by atoms with Crippen LogP contribution in [-0.2, 0) is 17.5 Å². The summed E-state index contributed by atoms with van der Waals surface area (Å²) in [6, 6.07) is 11.6. The maximum atomic E-state index is 13.4. The zero-order chi connectivity index (χ0) is 23.4. The lowest BCUT2D eigenvalue weighted by atomic mass is 9.87. The van der Waals surface area contributed by atoms with Crippen LogP contribution in [-0.4, -0.2) is 70.0 Å². The van der Waals surface area contributed by atoms with Gasteiger partial charge in [-0.3, -0.25) is 9.80 Å². The van der Waals surface area contributed by atoms with E-state index < -0.39 is 11.7 Å². The molecule has 4 rings (SSSR count). The number of benzene rings is 2. The van der Waals surface area contributed by atoms with E-state index in [1.165, 1.54) is 12.1 Å². The van der Waals surface area contributed by atoms with Crippen LogP contribution in [0.25, 0.3) is 0 Å². The number of methoxy groups -OCH3 is 2. The number of ether oxygens (including phenoxy) is 3. The maximum absolute atomic E-state index is 13.4. The van der Waals surface area contributed by atoms with Crippen LogP contribution in [0.2, 0.25) is 0 Å². The molecule has 2 aliphatic rings. The molecule has 0 spiro atoms. The van der Waals surface area contributed by atoms with Gasteiger partial charge in [0, 0.05) is 51.3 Å². The highest BCUT2D eigenvalue weighted by Gasteiger charge is 2.37. The Labute approximate surface area is 193 Å². The molecule has 2 atom stereocenters. The van der Waals surface area contributed by atoms with Crippen molar-refractivity contribution in [3.8, 4) is 11.5 Å². The molecule has 0 aliphatic carbocycles. The Morgan fingerprint density at radius 2 is 1.64 bits per heavy atom. The van der Waals surface area contributed by atoms with Crippen LogP contribution >= 0.6 is 0 Å². The number of hydrogen-bond donors (Lipinski definition) is 0. The fourth-order valence-electron chi connectivity index (χ4n) is 4.93. The molecule has 33 heavy (non-hydrogen) atoms. The van der Waals surface area contributed by atoms with Gasteiger partial charge in [-0.2, -0.15) is 13.2 Å². The zero-order valence-corrected chi connectivity index (χ0v) is 19.1. The second kappa shape index (κ2) is 10.3. The number of morpholine rings is 1. The minimum absolute atomic E-state index is 0.0302. The van der Waals surface area contributed by atoms with Gasteiger partial charge in [0.1, 0.15) is 11.5 Å². The first-order valence-electron chi connectivity index (χ1n) is 11.3. The SMILES string of the molecule is COc1cc(CN2CC(CN3CCOCC3)C(c3cccc(C(F)(F)F)c3)C2)cc(OC)c1. The van der Waals surface area contributed by atoms with E-state index >= 15 is 0 Å². The van der Waals surface area contributed by atoms with Gasteiger partial charge in [-0.15, -0.1) is 0 Å². The molecule has 0 aromatic heterocycles. The van der Waals surface area contributed by atoms with E-state index in [9.17, 15) is 13.2 Å². The summed E-state index contributed by atoms with van der Waals surface area (Å²) < 4.78 is 56.4. The Kier molecular flexibility index (Phi) is 7.46. The molecule has 2 heterocycles. The molecule has 2 aromatic carbocycles. The van der Waals surface area contributed by atoms with Crippen molar-refractivity contribution in [2.75, 3.05) is 60.2 Å². The first-order valence-corrected chi connectivity index (χ1v) is 11.3. The number of nitrogens with zero attached hydrogens (tertiary/aromatic N) is 2. The highest BCUT2D eigenvalue weighted by molar-refractivity contribution is 5.38. The molecule has 2 aliphatic heterocycles. The molecule has 2 saturated heterocycles. The van der Waals surface area contributed by atoms with E-state index in [-0.39, 0.29) is 11.8 Å². The topological polar surface area (TPSA) is 34.2 Å². The van der Waals surface area contributed by atoms with Crippen molar-refractivity contribution < 1.29 is 27.4 Å². The average Bonchev–Trinajstić information content (AvgIpc) is 3.20. The van der Waals surface area contributed by atoms with Gasteiger partial charge in [0.15, 0.2) is 0 Å². The van der Waals surface area contributed by atoms with E-state index in [1.54, 1.807) is 14.2 Å². The normalized spacial score (nSPS) is 22.5. The summed E-state index contributed by atoms with van der Waals surface area (Å²) in [5.74, 6) is 1.72. The number of halogens is 3. The van der Waals surface area contributed by atoms with Crippen molar-refractivity contribution in [2.24, 2.45) is 5.92 Å². The van der Waals surface area contributed by atoms with Crippen LogP contribution in [0.1, 0.15) is 22.6 Å². The summed E-state index contributed by atoms with van der Waals surface area (Å²) in [5.41, 5.74) is 1.23. The summed E-state index contributed by atoms with van der Waals surface area (Å²) >= 11 is 0. The van der Waals surface area contributed by atoms with Crippen LogP contribution in [0.5, 0.6) is 11.5 Å². The van der Waals surface area contributed by atoms with Crippen LogP contribution in [0.15, 0.2) is 42.5 Å². The molecule has 2 unspecified atom stereocenters. The molecule has 5 nitrogen and oxygen atoms in total. The van der Waals surface area contributed by atoms with E-state index in [0.717, 1.165) is 54.9 Å². The zero-order valence-electron chi connectivity index (χ0n) is 19.1. The fraction of sp³-hybridized carbons (Fsp3) is 0.520. The van der Waals surface area contributed by atoms with Crippen molar-refractivity contribution in [1.29, 1.82) is 0 Å². The smallest absolute Gasteiger partial charge is 0.416 e. The Balaban J connectivity index is 1.56. The van der Waals surface area contributed by atoms with Crippen molar-refractivity contribution in [2.45, 2.75) is 18.6 Å². The predicted molar refractivity (Wildman–Crippen MR) is 120 cm³/mol. The first kappa shape index (κ1) is 23.9. The van der Waals surface area contributed by atoms with Crippen LogP contribution in [0.4, 0.5) is 13.2 Å². The van der Waals surface area contributed by atoms with Gasteiger partial charge in [-0.25, -0.2) is 0 Å². The molecule has 0 N–H and O–H groups in total. The van der Waals surface area contributed by atoms with Crippen LogP contribution in [0.3, 0.4) is 0 Å². The maximum Gasteiger partial charge on any atom is 0.416 e. The number of alkyl halides is 3. The highest BCUT2D eigenvalue weighted by atomic mass is 19.4. The molecule has 0 amide bonds. The summed E-state index contributed by atoms with van der Waals surface area (Å²) in [6.45, 7) is 6.18. The van der Waals surface area contributed by atoms with Crippen molar-refractivity contribution in [1.82, 2.24) is 9.80 Å². The van der Waals surface area contributed by atoms with E-state index in [4.69, 9.17) is 14.2 Å². The number of likely N-dealkylation sites (tertiary alicyclic amines) is 1. The van der Waals surface area contributed by atoms with Crippen LogP contribution < -0.4 is 9.47 Å². The minimum Gasteiger partial charge on any atom is -0.497 e. The Bertz CT molecular complexity index is 909. The predicted octanol–water partition coefficient (Wildman–Crippen LogP) is 4.27. The molecule has 0 radical (unpaired) electrons. The Morgan fingerprint density at radius 3 is 2.27 bits per heavy atom. The lowest BCUT2D eigenvalue weighted by Crippen LogP contribution is -2.40. The second-order valence-corrected chi connectivity index (χ2v) is 8.82. The van der Waals surface area contributed by atoms with Gasteiger partial charge >= 0.3 is 6.18 Å². The third-order valence-electron chi connectivity index (χ3n) is 6.57. The van der Waals surface area contributed by atoms with Gasteiger partial charge in [0.2, 0.25) is 0 Å². The first-order chi connectivity index (χ1) is 15.9. The lowest BCUT2D eigenvalue weighted by Gasteiger charge is -2.31.